The van der Waals surface area contributed by atoms with Crippen molar-refractivity contribution in [2.45, 2.75) is 6.04 Å². The third kappa shape index (κ3) is 2.48. The van der Waals surface area contributed by atoms with Gasteiger partial charge in [-0.15, -0.1) is 0 Å². The zero-order valence-corrected chi connectivity index (χ0v) is 11.9. The molecule has 0 aliphatic heterocycles. The summed E-state index contributed by atoms with van der Waals surface area (Å²) in [5.74, 6) is 0. The van der Waals surface area contributed by atoms with E-state index in [-0.39, 0.29) is 6.04 Å². The maximum Gasteiger partial charge on any atom is 0.166 e. The van der Waals surface area contributed by atoms with Crippen LogP contribution in [0.5, 0.6) is 0 Å². The van der Waals surface area contributed by atoms with Crippen LogP contribution in [-0.4, -0.2) is 24.6 Å². The van der Waals surface area contributed by atoms with Gasteiger partial charge in [0.2, 0.25) is 0 Å². The van der Waals surface area contributed by atoms with Gasteiger partial charge in [0, 0.05) is 18.0 Å². The summed E-state index contributed by atoms with van der Waals surface area (Å²) in [6, 6.07) is 20.1. The van der Waals surface area contributed by atoms with E-state index >= 15 is 0 Å². The van der Waals surface area contributed by atoms with Crippen molar-refractivity contribution in [3.05, 3.63) is 71.9 Å². The second-order valence-electron chi connectivity index (χ2n) is 5.00. The third-order valence-electron chi connectivity index (χ3n) is 3.72. The fraction of sp³-hybridized carbons (Fsp3) is 0.167. The summed E-state index contributed by atoms with van der Waals surface area (Å²) in [5, 5.41) is 1.07. The molecule has 3 heteroatoms. The maximum absolute atomic E-state index is 11.5. The number of fused-ring (bicyclic) bond motifs is 1. The van der Waals surface area contributed by atoms with Crippen LogP contribution in [0.4, 0.5) is 0 Å². The summed E-state index contributed by atoms with van der Waals surface area (Å²) >= 11 is 0. The first kappa shape index (κ1) is 13.6. The van der Waals surface area contributed by atoms with Crippen LogP contribution < -0.4 is 0 Å². The molecule has 106 valence electrons. The van der Waals surface area contributed by atoms with Gasteiger partial charge in [-0.05, 0) is 17.7 Å². The Bertz CT molecular complexity index is 746. The van der Waals surface area contributed by atoms with Gasteiger partial charge in [-0.1, -0.05) is 48.5 Å². The standard InChI is InChI=1S/C18H17NO2/c1-21-13-18(14-7-3-2-4-8-14)19-16(12-20)11-15-9-5-6-10-17(15)19/h2-12,18H,13H2,1H3/t18-/m1/s1. The number of carbonyl (C=O) groups is 1. The zero-order chi connectivity index (χ0) is 14.7. The van der Waals surface area contributed by atoms with Crippen LogP contribution in [0, 0.1) is 0 Å². The van der Waals surface area contributed by atoms with Gasteiger partial charge in [-0.25, -0.2) is 0 Å². The molecule has 1 atom stereocenters. The molecule has 0 amide bonds. The molecule has 3 aromatic rings. The van der Waals surface area contributed by atoms with Crippen molar-refractivity contribution in [1.82, 2.24) is 4.57 Å². The number of benzene rings is 2. The number of rotatable bonds is 5. The molecule has 0 radical (unpaired) electrons. The van der Waals surface area contributed by atoms with Gasteiger partial charge in [-0.2, -0.15) is 0 Å². The van der Waals surface area contributed by atoms with Crippen molar-refractivity contribution >= 4 is 17.2 Å². The highest BCUT2D eigenvalue weighted by Crippen LogP contribution is 2.28. The Morgan fingerprint density at radius 3 is 2.52 bits per heavy atom. The Hall–Kier alpha value is -2.39. The fourth-order valence-electron chi connectivity index (χ4n) is 2.79. The molecule has 0 saturated carbocycles. The first-order valence-corrected chi connectivity index (χ1v) is 6.94. The normalized spacial score (nSPS) is 12.4. The number of methoxy groups -OCH3 is 1. The molecule has 21 heavy (non-hydrogen) atoms. The van der Waals surface area contributed by atoms with Crippen molar-refractivity contribution in [2.24, 2.45) is 0 Å². The molecule has 0 unspecified atom stereocenters. The number of para-hydroxylation sites is 1. The molecular formula is C18H17NO2. The lowest BCUT2D eigenvalue weighted by Crippen LogP contribution is -2.18. The van der Waals surface area contributed by atoms with Crippen molar-refractivity contribution in [3.63, 3.8) is 0 Å². The van der Waals surface area contributed by atoms with Crippen LogP contribution in [0.15, 0.2) is 60.7 Å². The number of hydrogen-bond acceptors (Lipinski definition) is 2. The van der Waals surface area contributed by atoms with Crippen LogP contribution in [0.25, 0.3) is 10.9 Å². The quantitative estimate of drug-likeness (QED) is 0.667. The lowest BCUT2D eigenvalue weighted by atomic mass is 10.1. The van der Waals surface area contributed by atoms with Crippen LogP contribution >= 0.6 is 0 Å². The molecule has 0 N–H and O–H groups in total. The van der Waals surface area contributed by atoms with E-state index in [9.17, 15) is 4.79 Å². The third-order valence-corrected chi connectivity index (χ3v) is 3.72. The minimum absolute atomic E-state index is 0.0173. The summed E-state index contributed by atoms with van der Waals surface area (Å²) < 4.78 is 7.45. The highest BCUT2D eigenvalue weighted by molar-refractivity contribution is 5.89. The molecule has 1 heterocycles. The van der Waals surface area contributed by atoms with Gasteiger partial charge in [-0.3, -0.25) is 4.79 Å². The highest BCUT2D eigenvalue weighted by Gasteiger charge is 2.19. The molecule has 2 aromatic carbocycles. The largest absolute Gasteiger partial charge is 0.382 e. The molecule has 0 bridgehead atoms. The topological polar surface area (TPSA) is 31.2 Å². The number of aromatic nitrogens is 1. The van der Waals surface area contributed by atoms with E-state index in [0.29, 0.717) is 12.3 Å². The Morgan fingerprint density at radius 2 is 1.81 bits per heavy atom. The summed E-state index contributed by atoms with van der Waals surface area (Å²) in [6.45, 7) is 0.517. The number of nitrogens with zero attached hydrogens (tertiary/aromatic N) is 1. The van der Waals surface area contributed by atoms with E-state index in [1.165, 1.54) is 0 Å². The summed E-state index contributed by atoms with van der Waals surface area (Å²) in [5.41, 5.74) is 2.84. The van der Waals surface area contributed by atoms with E-state index in [4.69, 9.17) is 4.74 Å². The molecule has 0 aliphatic rings. The van der Waals surface area contributed by atoms with Gasteiger partial charge in [0.1, 0.15) is 0 Å². The minimum atomic E-state index is -0.0173. The molecule has 0 spiro atoms. The van der Waals surface area contributed by atoms with Gasteiger partial charge in [0.05, 0.1) is 18.3 Å². The number of hydrogen-bond donors (Lipinski definition) is 0. The molecule has 3 rings (SSSR count). The minimum Gasteiger partial charge on any atom is -0.382 e. The van der Waals surface area contributed by atoms with Crippen molar-refractivity contribution < 1.29 is 9.53 Å². The predicted octanol–water partition coefficient (Wildman–Crippen LogP) is 3.69. The zero-order valence-electron chi connectivity index (χ0n) is 11.9. The van der Waals surface area contributed by atoms with Crippen LogP contribution in [-0.2, 0) is 4.74 Å². The molecule has 0 saturated heterocycles. The van der Waals surface area contributed by atoms with Crippen molar-refractivity contribution in [1.29, 1.82) is 0 Å². The molecular weight excluding hydrogens is 262 g/mol. The van der Waals surface area contributed by atoms with Gasteiger partial charge in [0.25, 0.3) is 0 Å². The van der Waals surface area contributed by atoms with Crippen LogP contribution in [0.3, 0.4) is 0 Å². The first-order valence-electron chi connectivity index (χ1n) is 6.94. The summed E-state index contributed by atoms with van der Waals surface area (Å²) in [6.07, 6.45) is 0.908. The number of ether oxygens (including phenoxy) is 1. The van der Waals surface area contributed by atoms with E-state index < -0.39 is 0 Å². The monoisotopic (exact) mass is 279 g/mol. The number of carbonyl (C=O) groups excluding carboxylic acids is 1. The van der Waals surface area contributed by atoms with Crippen LogP contribution in [0.2, 0.25) is 0 Å². The summed E-state index contributed by atoms with van der Waals surface area (Å²) in [7, 11) is 1.68. The molecule has 0 fully saturated rings. The second kappa shape index (κ2) is 5.94. The highest BCUT2D eigenvalue weighted by atomic mass is 16.5. The van der Waals surface area contributed by atoms with E-state index in [1.807, 2.05) is 48.5 Å². The first-order chi connectivity index (χ1) is 10.3. The van der Waals surface area contributed by atoms with E-state index in [2.05, 4.69) is 16.7 Å². The predicted molar refractivity (Wildman–Crippen MR) is 83.8 cm³/mol. The molecule has 3 nitrogen and oxygen atoms in total. The maximum atomic E-state index is 11.5. The Morgan fingerprint density at radius 1 is 1.10 bits per heavy atom. The Labute approximate surface area is 123 Å². The fourth-order valence-corrected chi connectivity index (χ4v) is 2.79. The summed E-state index contributed by atoms with van der Waals surface area (Å²) in [4.78, 5) is 11.5. The van der Waals surface area contributed by atoms with E-state index in [0.717, 1.165) is 22.8 Å². The molecule has 1 aromatic heterocycles. The lowest BCUT2D eigenvalue weighted by molar-refractivity contribution is 0.111. The Balaban J connectivity index is 2.21. The van der Waals surface area contributed by atoms with Crippen molar-refractivity contribution in [2.75, 3.05) is 13.7 Å². The average Bonchev–Trinajstić information content (AvgIpc) is 2.92. The Kier molecular flexibility index (Phi) is 3.84. The SMILES string of the molecule is COC[C@H](c1ccccc1)n1c(C=O)cc2ccccc21. The number of aldehydes is 1. The average molecular weight is 279 g/mol. The molecule has 0 aliphatic carbocycles. The van der Waals surface area contributed by atoms with Gasteiger partial charge < -0.3 is 9.30 Å². The smallest absolute Gasteiger partial charge is 0.166 e. The van der Waals surface area contributed by atoms with Crippen LogP contribution in [0.1, 0.15) is 22.1 Å². The second-order valence-corrected chi connectivity index (χ2v) is 5.00. The van der Waals surface area contributed by atoms with Gasteiger partial charge >= 0.3 is 0 Å². The van der Waals surface area contributed by atoms with Crippen molar-refractivity contribution in [3.8, 4) is 0 Å². The van der Waals surface area contributed by atoms with E-state index in [1.54, 1.807) is 7.11 Å². The lowest BCUT2D eigenvalue weighted by Gasteiger charge is -2.21. The van der Waals surface area contributed by atoms with Gasteiger partial charge in [0.15, 0.2) is 6.29 Å².